The number of nitrogens with zero attached hydrogens (tertiary/aromatic N) is 2. The fraction of sp³-hybridized carbons (Fsp3) is 0.286. The molecule has 0 N–H and O–H groups in total. The van der Waals surface area contributed by atoms with Crippen LogP contribution in [0.25, 0.3) is 5.69 Å². The van der Waals surface area contributed by atoms with Gasteiger partial charge in [0.1, 0.15) is 11.9 Å². The van der Waals surface area contributed by atoms with E-state index in [9.17, 15) is 4.79 Å². The summed E-state index contributed by atoms with van der Waals surface area (Å²) in [6.45, 7) is 0.503. The van der Waals surface area contributed by atoms with Crippen LogP contribution in [0, 0.1) is 0 Å². The molecule has 18 heavy (non-hydrogen) atoms. The van der Waals surface area contributed by atoms with Gasteiger partial charge in [-0.1, -0.05) is 18.2 Å². The quantitative estimate of drug-likeness (QED) is 0.811. The number of ketones is 1. The van der Waals surface area contributed by atoms with Gasteiger partial charge in [-0.3, -0.25) is 4.79 Å². The largest absolute Gasteiger partial charge is 0.371 e. The van der Waals surface area contributed by atoms with E-state index in [1.54, 1.807) is 6.20 Å². The van der Waals surface area contributed by atoms with E-state index in [-0.39, 0.29) is 11.9 Å². The van der Waals surface area contributed by atoms with E-state index in [4.69, 9.17) is 4.74 Å². The molecule has 2 aromatic rings. The summed E-state index contributed by atoms with van der Waals surface area (Å²) >= 11 is 0. The third-order valence-electron chi connectivity index (χ3n) is 3.12. The predicted octanol–water partition coefficient (Wildman–Crippen LogP) is 2.29. The van der Waals surface area contributed by atoms with Gasteiger partial charge in [-0.25, -0.2) is 4.68 Å². The number of benzene rings is 1. The number of para-hydroxylation sites is 1. The van der Waals surface area contributed by atoms with E-state index < -0.39 is 0 Å². The molecule has 0 bridgehead atoms. The van der Waals surface area contributed by atoms with Crippen molar-refractivity contribution in [3.05, 3.63) is 48.3 Å². The summed E-state index contributed by atoms with van der Waals surface area (Å²) in [5.41, 5.74) is 1.92. The number of hydrogen-bond donors (Lipinski definition) is 0. The van der Waals surface area contributed by atoms with Crippen LogP contribution in [0.5, 0.6) is 0 Å². The molecule has 92 valence electrons. The van der Waals surface area contributed by atoms with Crippen molar-refractivity contribution >= 4 is 5.78 Å². The normalized spacial score (nSPS) is 20.0. The average Bonchev–Trinajstić information content (AvgIpc) is 2.89. The molecule has 1 saturated heterocycles. The monoisotopic (exact) mass is 242 g/mol. The molecule has 1 fully saturated rings. The van der Waals surface area contributed by atoms with E-state index in [0.29, 0.717) is 19.4 Å². The van der Waals surface area contributed by atoms with Crippen LogP contribution in [0.2, 0.25) is 0 Å². The number of Topliss-reactive ketones (excluding diaryl/α,β-unsaturated/α-hetero) is 1. The Kier molecular flexibility index (Phi) is 2.94. The molecular weight excluding hydrogens is 228 g/mol. The Morgan fingerprint density at radius 3 is 2.83 bits per heavy atom. The summed E-state index contributed by atoms with van der Waals surface area (Å²) < 4.78 is 7.51. The zero-order chi connectivity index (χ0) is 12.4. The van der Waals surface area contributed by atoms with Crippen molar-refractivity contribution in [3.8, 4) is 5.69 Å². The lowest BCUT2D eigenvalue weighted by atomic mass is 10.1. The molecule has 1 unspecified atom stereocenters. The van der Waals surface area contributed by atoms with Crippen LogP contribution in [-0.4, -0.2) is 22.2 Å². The van der Waals surface area contributed by atoms with Gasteiger partial charge >= 0.3 is 0 Å². The van der Waals surface area contributed by atoms with Gasteiger partial charge in [-0.15, -0.1) is 0 Å². The van der Waals surface area contributed by atoms with Gasteiger partial charge in [0.05, 0.1) is 18.0 Å². The molecule has 1 aromatic carbocycles. The second-order valence-corrected chi connectivity index (χ2v) is 4.36. The first-order valence-electron chi connectivity index (χ1n) is 6.07. The summed E-state index contributed by atoms with van der Waals surface area (Å²) in [6.07, 6.45) is 2.54. The number of rotatable bonds is 2. The average molecular weight is 242 g/mol. The highest BCUT2D eigenvalue weighted by molar-refractivity contribution is 5.79. The number of aromatic nitrogens is 2. The van der Waals surface area contributed by atoms with E-state index >= 15 is 0 Å². The van der Waals surface area contributed by atoms with E-state index in [2.05, 4.69) is 5.10 Å². The molecule has 1 aliphatic rings. The van der Waals surface area contributed by atoms with Crippen LogP contribution in [0.4, 0.5) is 0 Å². The summed E-state index contributed by atoms with van der Waals surface area (Å²) in [5, 5.41) is 4.31. The van der Waals surface area contributed by atoms with Gasteiger partial charge in [0.2, 0.25) is 0 Å². The second kappa shape index (κ2) is 4.74. The van der Waals surface area contributed by atoms with Crippen molar-refractivity contribution in [1.29, 1.82) is 0 Å². The van der Waals surface area contributed by atoms with Gasteiger partial charge in [-0.05, 0) is 18.2 Å². The molecule has 0 saturated carbocycles. The maximum absolute atomic E-state index is 11.5. The van der Waals surface area contributed by atoms with Crippen molar-refractivity contribution in [2.24, 2.45) is 0 Å². The summed E-state index contributed by atoms with van der Waals surface area (Å²) in [6, 6.07) is 11.8. The summed E-state index contributed by atoms with van der Waals surface area (Å²) in [5.74, 6) is 0.257. The molecule has 0 aliphatic carbocycles. The molecular formula is C14H14N2O2. The van der Waals surface area contributed by atoms with Gasteiger partial charge in [0, 0.05) is 19.0 Å². The lowest BCUT2D eigenvalue weighted by Crippen LogP contribution is -2.21. The Bertz CT molecular complexity index is 548. The molecule has 1 aliphatic heterocycles. The van der Waals surface area contributed by atoms with Gasteiger partial charge in [0.15, 0.2) is 0 Å². The molecule has 1 atom stereocenters. The van der Waals surface area contributed by atoms with Crippen molar-refractivity contribution in [2.75, 3.05) is 6.61 Å². The first-order valence-corrected chi connectivity index (χ1v) is 6.07. The molecule has 2 heterocycles. The summed E-state index contributed by atoms with van der Waals surface area (Å²) in [7, 11) is 0. The molecule has 4 heteroatoms. The Morgan fingerprint density at radius 1 is 1.22 bits per heavy atom. The first-order chi connectivity index (χ1) is 8.84. The Morgan fingerprint density at radius 2 is 2.06 bits per heavy atom. The highest BCUT2D eigenvalue weighted by atomic mass is 16.5. The lowest BCUT2D eigenvalue weighted by molar-refractivity contribution is -0.128. The Balaban J connectivity index is 1.94. The minimum atomic E-state index is -0.172. The standard InChI is InChI=1S/C14H14N2O2/c17-12-7-9-18-14(10-12)13-6-8-15-16(13)11-4-2-1-3-5-11/h1-6,8,14H,7,9-10H2. The minimum Gasteiger partial charge on any atom is -0.371 e. The Labute approximate surface area is 105 Å². The van der Waals surface area contributed by atoms with Gasteiger partial charge in [0.25, 0.3) is 0 Å². The Hall–Kier alpha value is -1.94. The van der Waals surface area contributed by atoms with Crippen LogP contribution >= 0.6 is 0 Å². The molecule has 1 aromatic heterocycles. The van der Waals surface area contributed by atoms with Crippen molar-refractivity contribution in [1.82, 2.24) is 9.78 Å². The number of ether oxygens (including phenoxy) is 1. The van der Waals surface area contributed by atoms with Crippen molar-refractivity contribution in [3.63, 3.8) is 0 Å². The maximum Gasteiger partial charge on any atom is 0.138 e. The smallest absolute Gasteiger partial charge is 0.138 e. The fourth-order valence-corrected chi connectivity index (χ4v) is 2.22. The van der Waals surface area contributed by atoms with Crippen molar-refractivity contribution < 1.29 is 9.53 Å². The molecule has 0 spiro atoms. The van der Waals surface area contributed by atoms with E-state index in [1.165, 1.54) is 0 Å². The van der Waals surface area contributed by atoms with Crippen LogP contribution in [0.1, 0.15) is 24.6 Å². The highest BCUT2D eigenvalue weighted by Crippen LogP contribution is 2.27. The molecule has 3 rings (SSSR count). The van der Waals surface area contributed by atoms with E-state index in [0.717, 1.165) is 11.4 Å². The van der Waals surface area contributed by atoms with Gasteiger partial charge < -0.3 is 4.74 Å². The van der Waals surface area contributed by atoms with Crippen LogP contribution in [-0.2, 0) is 9.53 Å². The minimum absolute atomic E-state index is 0.172. The SMILES string of the molecule is O=C1CCOC(c2ccnn2-c2ccccc2)C1. The predicted molar refractivity (Wildman–Crippen MR) is 66.5 cm³/mol. The number of hydrogen-bond acceptors (Lipinski definition) is 3. The molecule has 4 nitrogen and oxygen atoms in total. The second-order valence-electron chi connectivity index (χ2n) is 4.36. The summed E-state index contributed by atoms with van der Waals surface area (Å²) in [4.78, 5) is 11.5. The van der Waals surface area contributed by atoms with Crippen LogP contribution in [0.3, 0.4) is 0 Å². The van der Waals surface area contributed by atoms with E-state index in [1.807, 2.05) is 41.1 Å². The molecule has 0 radical (unpaired) electrons. The lowest BCUT2D eigenvalue weighted by Gasteiger charge is -2.22. The first kappa shape index (κ1) is 11.2. The maximum atomic E-state index is 11.5. The highest BCUT2D eigenvalue weighted by Gasteiger charge is 2.24. The van der Waals surface area contributed by atoms with Crippen LogP contribution < -0.4 is 0 Å². The number of carbonyl (C=O) groups is 1. The third kappa shape index (κ3) is 2.07. The molecule has 0 amide bonds. The number of carbonyl (C=O) groups excluding carboxylic acids is 1. The fourth-order valence-electron chi connectivity index (χ4n) is 2.22. The third-order valence-corrected chi connectivity index (χ3v) is 3.12. The topological polar surface area (TPSA) is 44.1 Å². The zero-order valence-electron chi connectivity index (χ0n) is 9.95. The van der Waals surface area contributed by atoms with Gasteiger partial charge in [-0.2, -0.15) is 5.10 Å². The van der Waals surface area contributed by atoms with Crippen molar-refractivity contribution in [2.45, 2.75) is 18.9 Å². The van der Waals surface area contributed by atoms with Crippen LogP contribution in [0.15, 0.2) is 42.6 Å². The zero-order valence-corrected chi connectivity index (χ0v) is 9.95.